The van der Waals surface area contributed by atoms with Gasteiger partial charge in [0, 0.05) is 29.9 Å². The summed E-state index contributed by atoms with van der Waals surface area (Å²) in [5.74, 6) is 0. The van der Waals surface area contributed by atoms with E-state index in [1.54, 1.807) is 0 Å². The highest BCUT2D eigenvalue weighted by Crippen LogP contribution is 2.46. The van der Waals surface area contributed by atoms with Crippen molar-refractivity contribution in [3.05, 3.63) is 16.0 Å². The second kappa shape index (κ2) is 5.98. The second-order valence-corrected chi connectivity index (χ2v) is 7.66. The van der Waals surface area contributed by atoms with Gasteiger partial charge in [0.25, 0.3) is 0 Å². The van der Waals surface area contributed by atoms with Crippen molar-refractivity contribution in [1.29, 1.82) is 5.26 Å². The number of thiophene rings is 1. The van der Waals surface area contributed by atoms with Gasteiger partial charge in [-0.05, 0) is 31.4 Å². The molecule has 1 fully saturated rings. The maximum absolute atomic E-state index is 9.58. The molecular weight excluding hydrogens is 278 g/mol. The van der Waals surface area contributed by atoms with Crippen LogP contribution in [0.1, 0.15) is 55.5 Å². The summed E-state index contributed by atoms with van der Waals surface area (Å²) in [5, 5.41) is 14.2. The normalized spacial score (nSPS) is 19.8. The number of nitriles is 1. The number of nitrogens with one attached hydrogen (secondary N) is 1. The predicted octanol–water partition coefficient (Wildman–Crippen LogP) is 3.67. The fourth-order valence-electron chi connectivity index (χ4n) is 4.07. The molecule has 1 N–H and O–H groups in total. The van der Waals surface area contributed by atoms with Crippen LogP contribution in [0, 0.1) is 16.7 Å². The molecule has 0 aliphatic carbocycles. The van der Waals surface area contributed by atoms with Gasteiger partial charge in [-0.15, -0.1) is 11.3 Å². The molecule has 3 rings (SSSR count). The van der Waals surface area contributed by atoms with Crippen LogP contribution in [0.5, 0.6) is 0 Å². The number of nitrogens with zero attached hydrogens (tertiary/aromatic N) is 2. The van der Waals surface area contributed by atoms with Crippen LogP contribution in [-0.2, 0) is 13.0 Å². The Labute approximate surface area is 132 Å². The first-order valence-electron chi connectivity index (χ1n) is 8.23. The molecule has 0 saturated carbocycles. The van der Waals surface area contributed by atoms with Crippen molar-refractivity contribution < 1.29 is 0 Å². The Morgan fingerprint density at radius 3 is 2.62 bits per heavy atom. The molecule has 3 heterocycles. The molecule has 0 spiro atoms. The van der Waals surface area contributed by atoms with Gasteiger partial charge in [-0.25, -0.2) is 0 Å². The molecule has 4 heteroatoms. The molecule has 0 atom stereocenters. The van der Waals surface area contributed by atoms with Gasteiger partial charge in [0.15, 0.2) is 0 Å². The van der Waals surface area contributed by atoms with Crippen molar-refractivity contribution in [1.82, 2.24) is 5.32 Å². The molecule has 0 unspecified atom stereocenters. The lowest BCUT2D eigenvalue weighted by atomic mass is 9.72. The Hall–Kier alpha value is -1.05. The first-order chi connectivity index (χ1) is 10.2. The van der Waals surface area contributed by atoms with E-state index in [0.717, 1.165) is 38.2 Å². The van der Waals surface area contributed by atoms with E-state index >= 15 is 0 Å². The number of hydrogen-bond acceptors (Lipinski definition) is 4. The lowest BCUT2D eigenvalue weighted by molar-refractivity contribution is 0.174. The van der Waals surface area contributed by atoms with E-state index in [-0.39, 0.29) is 0 Å². The third-order valence-corrected chi connectivity index (χ3v) is 6.21. The summed E-state index contributed by atoms with van der Waals surface area (Å²) < 4.78 is 0. The van der Waals surface area contributed by atoms with Crippen LogP contribution < -0.4 is 10.2 Å². The average Bonchev–Trinajstić information content (AvgIpc) is 2.82. The Balaban J connectivity index is 1.80. The third-order valence-electron chi connectivity index (χ3n) is 4.92. The van der Waals surface area contributed by atoms with Gasteiger partial charge >= 0.3 is 0 Å². The van der Waals surface area contributed by atoms with Crippen LogP contribution in [0.15, 0.2) is 0 Å². The van der Waals surface area contributed by atoms with Gasteiger partial charge in [0.2, 0.25) is 0 Å². The Morgan fingerprint density at radius 1 is 1.29 bits per heavy atom. The fraction of sp³-hybridized carbons (Fsp3) is 0.706. The van der Waals surface area contributed by atoms with Gasteiger partial charge in [0.1, 0.15) is 11.1 Å². The van der Waals surface area contributed by atoms with Crippen LogP contribution in [0.2, 0.25) is 0 Å². The molecule has 1 aromatic rings. The van der Waals surface area contributed by atoms with Crippen LogP contribution in [0.25, 0.3) is 0 Å². The topological polar surface area (TPSA) is 39.1 Å². The summed E-state index contributed by atoms with van der Waals surface area (Å²) in [7, 11) is 0. The van der Waals surface area contributed by atoms with Crippen molar-refractivity contribution in [2.24, 2.45) is 5.41 Å². The van der Waals surface area contributed by atoms with E-state index < -0.39 is 0 Å². The van der Waals surface area contributed by atoms with Crippen molar-refractivity contribution in [2.75, 3.05) is 24.5 Å². The fourth-order valence-corrected chi connectivity index (χ4v) is 5.33. The van der Waals surface area contributed by atoms with E-state index in [1.807, 2.05) is 11.3 Å². The van der Waals surface area contributed by atoms with E-state index in [9.17, 15) is 5.26 Å². The molecule has 2 aliphatic heterocycles. The third kappa shape index (κ3) is 2.58. The summed E-state index contributed by atoms with van der Waals surface area (Å²) in [6.45, 7) is 8.82. The Bertz CT molecular complexity index is 541. The van der Waals surface area contributed by atoms with Gasteiger partial charge in [-0.2, -0.15) is 5.26 Å². The van der Waals surface area contributed by atoms with Crippen molar-refractivity contribution in [2.45, 2.75) is 52.5 Å². The quantitative estimate of drug-likeness (QED) is 0.902. The molecule has 3 nitrogen and oxygen atoms in total. The summed E-state index contributed by atoms with van der Waals surface area (Å²) in [6.07, 6.45) is 6.20. The molecule has 0 aromatic carbocycles. The van der Waals surface area contributed by atoms with Crippen molar-refractivity contribution in [3.8, 4) is 6.07 Å². The summed E-state index contributed by atoms with van der Waals surface area (Å²) in [5.41, 5.74) is 2.80. The predicted molar refractivity (Wildman–Crippen MR) is 88.9 cm³/mol. The zero-order valence-corrected chi connectivity index (χ0v) is 14.0. The summed E-state index contributed by atoms with van der Waals surface area (Å²) in [6, 6.07) is 2.49. The lowest BCUT2D eigenvalue weighted by Gasteiger charge is -2.51. The highest BCUT2D eigenvalue weighted by molar-refractivity contribution is 7.16. The van der Waals surface area contributed by atoms with Gasteiger partial charge < -0.3 is 10.2 Å². The minimum atomic E-state index is 0.513. The number of anilines is 1. The smallest absolute Gasteiger partial charge is 0.110 e. The standard InChI is InChI=1S/C17H25N3S/c1-3-6-17(7-4-2)11-20(12-17)16-14(9-18)13-5-8-19-10-15(13)21-16/h19H,3-8,10-12H2,1-2H3. The molecule has 2 aliphatic rings. The number of hydrogen-bond donors (Lipinski definition) is 1. The van der Waals surface area contributed by atoms with Crippen LogP contribution in [-0.4, -0.2) is 19.6 Å². The van der Waals surface area contributed by atoms with E-state index in [2.05, 4.69) is 30.1 Å². The molecular formula is C17H25N3S. The maximum Gasteiger partial charge on any atom is 0.110 e. The highest BCUT2D eigenvalue weighted by atomic mass is 32.1. The SMILES string of the molecule is CCCC1(CCC)CN(c2sc3c(c2C#N)CCNC3)C1. The minimum Gasteiger partial charge on any atom is -0.361 e. The largest absolute Gasteiger partial charge is 0.361 e. The van der Waals surface area contributed by atoms with Crippen LogP contribution in [0.4, 0.5) is 5.00 Å². The Morgan fingerprint density at radius 2 is 2.00 bits per heavy atom. The molecule has 0 radical (unpaired) electrons. The summed E-state index contributed by atoms with van der Waals surface area (Å²) >= 11 is 1.85. The van der Waals surface area contributed by atoms with Crippen molar-refractivity contribution >= 4 is 16.3 Å². The Kier molecular flexibility index (Phi) is 4.24. The van der Waals surface area contributed by atoms with E-state index in [4.69, 9.17) is 0 Å². The van der Waals surface area contributed by atoms with Crippen molar-refractivity contribution in [3.63, 3.8) is 0 Å². The lowest BCUT2D eigenvalue weighted by Crippen LogP contribution is -2.56. The minimum absolute atomic E-state index is 0.513. The highest BCUT2D eigenvalue weighted by Gasteiger charge is 2.43. The maximum atomic E-state index is 9.58. The zero-order valence-electron chi connectivity index (χ0n) is 13.2. The number of rotatable bonds is 5. The van der Waals surface area contributed by atoms with Gasteiger partial charge in [-0.1, -0.05) is 26.7 Å². The first kappa shape index (κ1) is 14.9. The van der Waals surface area contributed by atoms with E-state index in [1.165, 1.54) is 41.1 Å². The molecule has 0 amide bonds. The number of fused-ring (bicyclic) bond motifs is 1. The monoisotopic (exact) mass is 303 g/mol. The second-order valence-electron chi connectivity index (χ2n) is 6.58. The van der Waals surface area contributed by atoms with Crippen LogP contribution >= 0.6 is 11.3 Å². The van der Waals surface area contributed by atoms with Gasteiger partial charge in [-0.3, -0.25) is 0 Å². The van der Waals surface area contributed by atoms with E-state index in [0.29, 0.717) is 5.41 Å². The first-order valence-corrected chi connectivity index (χ1v) is 9.05. The molecule has 1 aromatic heterocycles. The zero-order chi connectivity index (χ0) is 14.9. The van der Waals surface area contributed by atoms with Gasteiger partial charge in [0.05, 0.1) is 5.56 Å². The van der Waals surface area contributed by atoms with Crippen LogP contribution in [0.3, 0.4) is 0 Å². The molecule has 21 heavy (non-hydrogen) atoms. The molecule has 114 valence electrons. The molecule has 0 bridgehead atoms. The average molecular weight is 303 g/mol. The molecule has 1 saturated heterocycles. The summed E-state index contributed by atoms with van der Waals surface area (Å²) in [4.78, 5) is 3.85.